The lowest BCUT2D eigenvalue weighted by Gasteiger charge is -2.14. The van der Waals surface area contributed by atoms with Crippen LogP contribution in [0.2, 0.25) is 0 Å². The molecule has 138 valence electrons. The average molecular weight is 474 g/mol. The Morgan fingerprint density at radius 2 is 1.92 bits per heavy atom. The molecule has 1 heterocycles. The number of nitrogens with zero attached hydrogens (tertiary/aromatic N) is 2. The van der Waals surface area contributed by atoms with Crippen LogP contribution in [0.4, 0.5) is 0 Å². The molecule has 1 aromatic carbocycles. The first-order valence-corrected chi connectivity index (χ1v) is 9.05. The summed E-state index contributed by atoms with van der Waals surface area (Å²) in [6, 6.07) is 8.33. The van der Waals surface area contributed by atoms with Crippen molar-refractivity contribution in [3.8, 4) is 0 Å². The highest BCUT2D eigenvalue weighted by Gasteiger charge is 2.05. The molecule has 0 aliphatic carbocycles. The lowest BCUT2D eigenvalue weighted by atomic mass is 10.1. The number of aliphatic imine (C=N–C) groups is 1. The maximum atomic E-state index is 5.67. The number of hydrogen-bond acceptors (Lipinski definition) is 4. The van der Waals surface area contributed by atoms with Gasteiger partial charge in [0.05, 0.1) is 13.2 Å². The molecule has 0 atom stereocenters. The first-order valence-electron chi connectivity index (χ1n) is 8.23. The molecule has 0 spiro atoms. The molecule has 0 radical (unpaired) electrons. The van der Waals surface area contributed by atoms with Gasteiger partial charge in [-0.05, 0) is 24.5 Å². The first kappa shape index (κ1) is 21.9. The van der Waals surface area contributed by atoms with E-state index in [1.54, 1.807) is 18.4 Å². The van der Waals surface area contributed by atoms with Crippen molar-refractivity contribution >= 4 is 41.3 Å². The number of hydrogen-bond donors (Lipinski definition) is 2. The van der Waals surface area contributed by atoms with Crippen LogP contribution in [0.3, 0.4) is 0 Å². The number of thiazole rings is 1. The maximum absolute atomic E-state index is 5.67. The van der Waals surface area contributed by atoms with Crippen LogP contribution in [0, 0.1) is 6.92 Å². The summed E-state index contributed by atoms with van der Waals surface area (Å²) in [5.74, 6) is 0.770. The van der Waals surface area contributed by atoms with Gasteiger partial charge in [-0.2, -0.15) is 0 Å². The van der Waals surface area contributed by atoms with E-state index in [0.717, 1.165) is 24.0 Å². The van der Waals surface area contributed by atoms with Gasteiger partial charge < -0.3 is 15.4 Å². The molecule has 0 saturated heterocycles. The molecule has 7 heteroatoms. The third-order valence-corrected chi connectivity index (χ3v) is 4.38. The van der Waals surface area contributed by atoms with Gasteiger partial charge in [0.1, 0.15) is 5.01 Å². The van der Waals surface area contributed by atoms with Gasteiger partial charge in [0, 0.05) is 31.3 Å². The van der Waals surface area contributed by atoms with E-state index in [9.17, 15) is 0 Å². The number of aromatic nitrogens is 1. The van der Waals surface area contributed by atoms with Crippen molar-refractivity contribution in [3.05, 3.63) is 51.5 Å². The fraction of sp³-hybridized carbons (Fsp3) is 0.444. The van der Waals surface area contributed by atoms with E-state index in [0.29, 0.717) is 19.7 Å². The lowest BCUT2D eigenvalue weighted by Crippen LogP contribution is -2.36. The van der Waals surface area contributed by atoms with Crippen LogP contribution in [0.5, 0.6) is 0 Å². The van der Waals surface area contributed by atoms with E-state index in [4.69, 9.17) is 4.74 Å². The SMILES string of the molecule is CCCOCc1ccccc1CNC(=NC)NCc1ncc(C)s1.I. The quantitative estimate of drug-likeness (QED) is 0.264. The van der Waals surface area contributed by atoms with Crippen LogP contribution in [-0.4, -0.2) is 24.6 Å². The molecule has 1 aromatic heterocycles. The Morgan fingerprint density at radius 1 is 1.20 bits per heavy atom. The van der Waals surface area contributed by atoms with Crippen LogP contribution >= 0.6 is 35.3 Å². The fourth-order valence-electron chi connectivity index (χ4n) is 2.24. The molecule has 2 rings (SSSR count). The zero-order valence-corrected chi connectivity index (χ0v) is 18.2. The van der Waals surface area contributed by atoms with E-state index >= 15 is 0 Å². The van der Waals surface area contributed by atoms with Gasteiger partial charge in [0.25, 0.3) is 0 Å². The number of ether oxygens (including phenoxy) is 1. The Balaban J connectivity index is 0.00000312. The molecule has 2 N–H and O–H groups in total. The predicted octanol–water partition coefficient (Wildman–Crippen LogP) is 3.86. The van der Waals surface area contributed by atoms with Gasteiger partial charge in [-0.15, -0.1) is 35.3 Å². The zero-order chi connectivity index (χ0) is 17.2. The van der Waals surface area contributed by atoms with Crippen molar-refractivity contribution in [2.75, 3.05) is 13.7 Å². The second-order valence-corrected chi connectivity index (χ2v) is 6.78. The summed E-state index contributed by atoms with van der Waals surface area (Å²) in [5.41, 5.74) is 2.44. The summed E-state index contributed by atoms with van der Waals surface area (Å²) in [4.78, 5) is 9.84. The van der Waals surface area contributed by atoms with Crippen LogP contribution in [-0.2, 0) is 24.4 Å². The Kier molecular flexibility index (Phi) is 10.7. The second-order valence-electron chi connectivity index (χ2n) is 5.47. The molecule has 2 aromatic rings. The van der Waals surface area contributed by atoms with Crippen molar-refractivity contribution in [2.24, 2.45) is 4.99 Å². The highest BCUT2D eigenvalue weighted by molar-refractivity contribution is 14.0. The third-order valence-electron chi connectivity index (χ3n) is 3.47. The van der Waals surface area contributed by atoms with Crippen molar-refractivity contribution < 1.29 is 4.74 Å². The smallest absolute Gasteiger partial charge is 0.191 e. The minimum atomic E-state index is 0. The van der Waals surface area contributed by atoms with Crippen LogP contribution in [0.25, 0.3) is 0 Å². The summed E-state index contributed by atoms with van der Waals surface area (Å²) < 4.78 is 5.67. The number of aryl methyl sites for hydroxylation is 1. The first-order chi connectivity index (χ1) is 11.7. The highest BCUT2D eigenvalue weighted by atomic mass is 127. The number of halogens is 1. The van der Waals surface area contributed by atoms with Crippen molar-refractivity contribution in [2.45, 2.75) is 40.0 Å². The van der Waals surface area contributed by atoms with Crippen LogP contribution in [0.1, 0.15) is 34.4 Å². The summed E-state index contributed by atoms with van der Waals surface area (Å²) in [5, 5.41) is 7.71. The standard InChI is InChI=1S/C18H26N4OS.HI/c1-4-9-23-13-16-8-6-5-7-15(16)11-21-18(19-3)22-12-17-20-10-14(2)24-17;/h5-8,10H,4,9,11-13H2,1-3H3,(H2,19,21,22);1H. The van der Waals surface area contributed by atoms with Gasteiger partial charge in [0.2, 0.25) is 0 Å². The molecule has 5 nitrogen and oxygen atoms in total. The summed E-state index contributed by atoms with van der Waals surface area (Å²) in [6.45, 7) is 7.01. The van der Waals surface area contributed by atoms with E-state index in [-0.39, 0.29) is 24.0 Å². The van der Waals surface area contributed by atoms with Crippen molar-refractivity contribution in [3.63, 3.8) is 0 Å². The summed E-state index contributed by atoms with van der Waals surface area (Å²) >= 11 is 1.70. The van der Waals surface area contributed by atoms with Gasteiger partial charge in [-0.3, -0.25) is 4.99 Å². The minimum Gasteiger partial charge on any atom is -0.377 e. The Labute approximate surface area is 171 Å². The molecule has 0 saturated carbocycles. The molecule has 0 aliphatic rings. The Morgan fingerprint density at radius 3 is 2.56 bits per heavy atom. The van der Waals surface area contributed by atoms with E-state index in [1.165, 1.54) is 16.0 Å². The number of nitrogens with one attached hydrogen (secondary N) is 2. The molecule has 0 bridgehead atoms. The van der Waals surface area contributed by atoms with E-state index in [1.807, 2.05) is 12.3 Å². The normalized spacial score (nSPS) is 11.1. The van der Waals surface area contributed by atoms with Crippen molar-refractivity contribution in [1.82, 2.24) is 15.6 Å². The molecule has 0 unspecified atom stereocenters. The highest BCUT2D eigenvalue weighted by Crippen LogP contribution is 2.11. The molecular weight excluding hydrogens is 447 g/mol. The van der Waals surface area contributed by atoms with Gasteiger partial charge in [-0.1, -0.05) is 31.2 Å². The Bertz CT molecular complexity index is 660. The van der Waals surface area contributed by atoms with Gasteiger partial charge in [-0.25, -0.2) is 4.98 Å². The van der Waals surface area contributed by atoms with E-state index < -0.39 is 0 Å². The Hall–Kier alpha value is -1.19. The number of rotatable bonds is 8. The van der Waals surface area contributed by atoms with E-state index in [2.05, 4.69) is 52.7 Å². The lowest BCUT2D eigenvalue weighted by molar-refractivity contribution is 0.121. The predicted molar refractivity (Wildman–Crippen MR) is 116 cm³/mol. The second kappa shape index (κ2) is 12.2. The fourth-order valence-corrected chi connectivity index (χ4v) is 2.97. The largest absolute Gasteiger partial charge is 0.377 e. The maximum Gasteiger partial charge on any atom is 0.191 e. The zero-order valence-electron chi connectivity index (χ0n) is 15.0. The number of benzene rings is 1. The summed E-state index contributed by atoms with van der Waals surface area (Å²) in [7, 11) is 1.78. The van der Waals surface area contributed by atoms with Gasteiger partial charge >= 0.3 is 0 Å². The molecule has 0 amide bonds. The minimum absolute atomic E-state index is 0. The molecular formula is C18H27IN4OS. The van der Waals surface area contributed by atoms with Gasteiger partial charge in [0.15, 0.2) is 5.96 Å². The number of guanidine groups is 1. The van der Waals surface area contributed by atoms with Crippen LogP contribution in [0.15, 0.2) is 35.5 Å². The van der Waals surface area contributed by atoms with Crippen LogP contribution < -0.4 is 10.6 Å². The summed E-state index contributed by atoms with van der Waals surface area (Å²) in [6.07, 6.45) is 2.93. The average Bonchev–Trinajstić information content (AvgIpc) is 3.02. The topological polar surface area (TPSA) is 58.5 Å². The molecule has 0 fully saturated rings. The third kappa shape index (κ3) is 7.70. The monoisotopic (exact) mass is 474 g/mol. The molecule has 25 heavy (non-hydrogen) atoms. The molecule has 0 aliphatic heterocycles. The van der Waals surface area contributed by atoms with Crippen molar-refractivity contribution in [1.29, 1.82) is 0 Å².